The molecule has 0 radical (unpaired) electrons. The fourth-order valence-electron chi connectivity index (χ4n) is 10.2. The van der Waals surface area contributed by atoms with Crippen molar-refractivity contribution in [1.29, 1.82) is 0 Å². The predicted octanol–water partition coefficient (Wildman–Crippen LogP) is 3.74. The number of esters is 4. The number of rotatable bonds is 10. The van der Waals surface area contributed by atoms with Crippen molar-refractivity contribution in [3.05, 3.63) is 119 Å². The maximum absolute atomic E-state index is 15.5. The molecule has 0 spiro atoms. The van der Waals surface area contributed by atoms with Gasteiger partial charge in [0, 0.05) is 37.7 Å². The van der Waals surface area contributed by atoms with E-state index in [1.54, 1.807) is 92.7 Å². The van der Waals surface area contributed by atoms with Crippen LogP contribution in [-0.4, -0.2) is 105 Å². The zero-order valence-electron chi connectivity index (χ0n) is 35.2. The lowest BCUT2D eigenvalue weighted by molar-refractivity contribution is -0.346. The first-order valence-electron chi connectivity index (χ1n) is 20.5. The van der Waals surface area contributed by atoms with Gasteiger partial charge in [-0.05, 0) is 54.8 Å². The number of fused-ring (bicyclic) bond motifs is 5. The lowest BCUT2D eigenvalue weighted by atomic mass is 9.44. The van der Waals surface area contributed by atoms with Crippen LogP contribution in [0.1, 0.15) is 86.7 Å². The SMILES string of the molecule is CC(=O)O[C@H]1C(=O)[C@@]2(C)[C@H]([C@H](OC(=O)c3ccccc3)C3(O)C[C@H](OC(=O)[C@H](O)[C@@H](NC(=O)c4ccccc4)c4ccccc4)C(C)=C1C3(C)C)[C@]1(OC(C)=O)CO[C@@H]1C[C@@H]2O. The molecule has 1 saturated heterocycles. The predicted molar refractivity (Wildman–Crippen MR) is 218 cm³/mol. The smallest absolute Gasteiger partial charge is 0.338 e. The molecule has 11 atom stereocenters. The van der Waals surface area contributed by atoms with E-state index in [9.17, 15) is 39.3 Å². The average Bonchev–Trinajstić information content (AvgIpc) is 3.24. The zero-order valence-corrected chi connectivity index (χ0v) is 35.2. The molecular weight excluding hydrogens is 803 g/mol. The zero-order chi connectivity index (χ0) is 44.9. The van der Waals surface area contributed by atoms with Crippen LogP contribution in [0.4, 0.5) is 0 Å². The molecule has 1 aliphatic heterocycles. The quantitative estimate of drug-likeness (QED) is 0.130. The Bertz CT molecular complexity index is 2280. The second kappa shape index (κ2) is 16.5. The van der Waals surface area contributed by atoms with Gasteiger partial charge in [0.1, 0.15) is 23.9 Å². The Morgan fingerprint density at radius 3 is 1.95 bits per heavy atom. The summed E-state index contributed by atoms with van der Waals surface area (Å²) in [6, 6.07) is 22.9. The molecule has 3 aliphatic carbocycles. The Kier molecular flexibility index (Phi) is 11.8. The highest BCUT2D eigenvalue weighted by molar-refractivity contribution is 5.96. The van der Waals surface area contributed by atoms with E-state index in [1.165, 1.54) is 26.0 Å². The fraction of sp³-hybridized carbons (Fsp3) is 0.447. The second-order valence-corrected chi connectivity index (χ2v) is 17.4. The van der Waals surface area contributed by atoms with Gasteiger partial charge >= 0.3 is 23.9 Å². The highest BCUT2D eigenvalue weighted by atomic mass is 16.6. The van der Waals surface area contributed by atoms with Crippen LogP contribution in [0.15, 0.2) is 102 Å². The standard InChI is InChI=1S/C47H51NO14/c1-25-31(60-43(56)36(52)35(28-16-10-7-11-17-28)48-41(54)29-18-12-8-13-19-29)23-47(57)40(61-42(55)30-20-14-9-15-21-30)38-45(6,32(51)22-33-46(38,24-58-33)62-27(3)50)39(53)37(59-26(2)49)34(25)44(47,4)5/h7-21,31-33,35-38,40,51-52,57H,22-24H2,1-6H3,(H,48,54)/t31-,32-,33+,35-,36+,37+,38-,40-,45+,46-,47?/m0/s1. The molecule has 328 valence electrons. The van der Waals surface area contributed by atoms with Crippen molar-refractivity contribution in [1.82, 2.24) is 5.32 Å². The van der Waals surface area contributed by atoms with Crippen molar-refractivity contribution in [2.24, 2.45) is 16.7 Å². The lowest BCUT2D eigenvalue weighted by Crippen LogP contribution is -2.82. The number of Topliss-reactive ketones (excluding diaryl/α,β-unsaturated/α-hetero) is 1. The number of ketones is 1. The molecule has 15 heteroatoms. The molecule has 3 aromatic rings. The third kappa shape index (κ3) is 7.29. The lowest BCUT2D eigenvalue weighted by Gasteiger charge is -2.67. The Morgan fingerprint density at radius 2 is 1.40 bits per heavy atom. The molecule has 62 heavy (non-hydrogen) atoms. The van der Waals surface area contributed by atoms with Gasteiger partial charge in [-0.2, -0.15) is 0 Å². The largest absolute Gasteiger partial charge is 0.456 e. The minimum atomic E-state index is -2.39. The average molecular weight is 854 g/mol. The molecule has 7 rings (SSSR count). The summed E-state index contributed by atoms with van der Waals surface area (Å²) in [5.41, 5.74) is -7.02. The third-order valence-electron chi connectivity index (χ3n) is 13.5. The van der Waals surface area contributed by atoms with E-state index in [2.05, 4.69) is 5.32 Å². The highest BCUT2D eigenvalue weighted by Gasteiger charge is 2.78. The summed E-state index contributed by atoms with van der Waals surface area (Å²) in [7, 11) is 0. The molecule has 0 aromatic heterocycles. The molecular formula is C47H51NO14. The van der Waals surface area contributed by atoms with Crippen LogP contribution in [0.5, 0.6) is 0 Å². The summed E-state index contributed by atoms with van der Waals surface area (Å²) in [5.74, 6) is -6.84. The van der Waals surface area contributed by atoms with Crippen molar-refractivity contribution < 1.29 is 67.8 Å². The minimum Gasteiger partial charge on any atom is -0.456 e. The number of benzene rings is 3. The van der Waals surface area contributed by atoms with E-state index in [0.29, 0.717) is 5.56 Å². The topological polar surface area (TPSA) is 221 Å². The summed E-state index contributed by atoms with van der Waals surface area (Å²) in [5, 5.41) is 40.2. The number of aliphatic hydroxyl groups excluding tert-OH is 2. The van der Waals surface area contributed by atoms with Gasteiger partial charge in [-0.15, -0.1) is 0 Å². The molecule has 1 amide bonds. The number of carbonyl (C=O) groups excluding carboxylic acids is 6. The third-order valence-corrected chi connectivity index (χ3v) is 13.5. The molecule has 15 nitrogen and oxygen atoms in total. The van der Waals surface area contributed by atoms with Crippen LogP contribution < -0.4 is 5.32 Å². The number of carbonyl (C=O) groups is 6. The van der Waals surface area contributed by atoms with Crippen LogP contribution in [0.25, 0.3) is 0 Å². The van der Waals surface area contributed by atoms with Crippen molar-refractivity contribution >= 4 is 35.6 Å². The monoisotopic (exact) mass is 853 g/mol. The molecule has 2 bridgehead atoms. The molecule has 2 saturated carbocycles. The molecule has 1 heterocycles. The first-order valence-corrected chi connectivity index (χ1v) is 20.5. The number of ether oxygens (including phenoxy) is 5. The number of aliphatic hydroxyl groups is 3. The Morgan fingerprint density at radius 1 is 0.823 bits per heavy atom. The molecule has 4 aliphatic rings. The van der Waals surface area contributed by atoms with Gasteiger partial charge in [0.15, 0.2) is 23.6 Å². The summed E-state index contributed by atoms with van der Waals surface area (Å²) >= 11 is 0. The van der Waals surface area contributed by atoms with E-state index in [4.69, 9.17) is 23.7 Å². The van der Waals surface area contributed by atoms with Crippen molar-refractivity contribution in [2.45, 2.75) is 108 Å². The highest BCUT2D eigenvalue weighted by Crippen LogP contribution is 2.64. The Labute approximate surface area is 358 Å². The molecule has 3 aromatic carbocycles. The van der Waals surface area contributed by atoms with Crippen LogP contribution in [0.3, 0.4) is 0 Å². The van der Waals surface area contributed by atoms with Gasteiger partial charge in [0.05, 0.1) is 35.6 Å². The van der Waals surface area contributed by atoms with Gasteiger partial charge in [-0.3, -0.25) is 19.2 Å². The van der Waals surface area contributed by atoms with Crippen LogP contribution >= 0.6 is 0 Å². The van der Waals surface area contributed by atoms with Crippen LogP contribution in [0.2, 0.25) is 0 Å². The summed E-state index contributed by atoms with van der Waals surface area (Å²) in [4.78, 5) is 83.5. The fourth-order valence-corrected chi connectivity index (χ4v) is 10.2. The summed E-state index contributed by atoms with van der Waals surface area (Å²) in [6.45, 7) is 7.97. The first kappa shape index (κ1) is 44.3. The van der Waals surface area contributed by atoms with Gasteiger partial charge in [0.2, 0.25) is 0 Å². The van der Waals surface area contributed by atoms with E-state index < -0.39 is 113 Å². The first-order chi connectivity index (χ1) is 29.3. The van der Waals surface area contributed by atoms with Crippen LogP contribution in [-0.2, 0) is 42.9 Å². The van der Waals surface area contributed by atoms with Gasteiger partial charge in [-0.1, -0.05) is 80.6 Å². The Balaban J connectivity index is 1.39. The molecule has 1 unspecified atom stereocenters. The molecule has 3 fully saturated rings. The minimum absolute atomic E-state index is 0.00289. The number of hydrogen-bond donors (Lipinski definition) is 4. The maximum Gasteiger partial charge on any atom is 0.338 e. The number of nitrogens with one attached hydrogen (secondary N) is 1. The van der Waals surface area contributed by atoms with Gasteiger partial charge in [-0.25, -0.2) is 9.59 Å². The summed E-state index contributed by atoms with van der Waals surface area (Å²) < 4.78 is 30.3. The van der Waals surface area contributed by atoms with Crippen molar-refractivity contribution in [2.75, 3.05) is 6.61 Å². The van der Waals surface area contributed by atoms with E-state index in [0.717, 1.165) is 13.8 Å². The summed E-state index contributed by atoms with van der Waals surface area (Å²) in [6.07, 6.45) is -10.5. The van der Waals surface area contributed by atoms with Gasteiger partial charge in [0.25, 0.3) is 5.91 Å². The van der Waals surface area contributed by atoms with Crippen molar-refractivity contribution in [3.8, 4) is 0 Å². The van der Waals surface area contributed by atoms with Crippen LogP contribution in [0, 0.1) is 16.7 Å². The van der Waals surface area contributed by atoms with E-state index in [-0.39, 0.29) is 35.3 Å². The Hall–Kier alpha value is -5.74. The normalized spacial score (nSPS) is 31.9. The van der Waals surface area contributed by atoms with E-state index in [1.807, 2.05) is 0 Å². The van der Waals surface area contributed by atoms with Gasteiger partial charge < -0.3 is 44.3 Å². The number of hydrogen-bond acceptors (Lipinski definition) is 14. The van der Waals surface area contributed by atoms with Crippen molar-refractivity contribution in [3.63, 3.8) is 0 Å². The second-order valence-electron chi connectivity index (χ2n) is 17.4. The van der Waals surface area contributed by atoms with E-state index >= 15 is 4.79 Å². The maximum atomic E-state index is 15.5. The number of amides is 1. The molecule has 4 N–H and O–H groups in total.